The molecule has 0 aromatic heterocycles. The minimum Gasteiger partial charge on any atom is -0.227 e. The molecule has 2 aromatic carbocycles. The van der Waals surface area contributed by atoms with Crippen molar-refractivity contribution in [1.82, 2.24) is 0 Å². The minimum atomic E-state index is -5.34. The average molecular weight is 402 g/mol. The molecule has 0 fully saturated rings. The van der Waals surface area contributed by atoms with E-state index >= 15 is 0 Å². The van der Waals surface area contributed by atoms with Gasteiger partial charge in [-0.1, -0.05) is 30.3 Å². The van der Waals surface area contributed by atoms with Gasteiger partial charge in [-0.05, 0) is 24.3 Å². The summed E-state index contributed by atoms with van der Waals surface area (Å²) in [6.45, 7) is 0. The number of sulfonamides is 1. The highest BCUT2D eigenvalue weighted by atomic mass is 35.5. The molecule has 2 rings (SSSR count). The quantitative estimate of drug-likeness (QED) is 0.631. The van der Waals surface area contributed by atoms with Gasteiger partial charge in [0.1, 0.15) is 0 Å². The van der Waals surface area contributed by atoms with E-state index in [0.717, 1.165) is 30.3 Å². The summed E-state index contributed by atoms with van der Waals surface area (Å²) in [7, 11) is -8.45. The molecule has 0 atom stereocenters. The van der Waals surface area contributed by atoms with Crippen molar-refractivity contribution in [3.8, 4) is 0 Å². The van der Waals surface area contributed by atoms with Crippen molar-refractivity contribution in [2.24, 2.45) is 0 Å². The summed E-state index contributed by atoms with van der Waals surface area (Å²) in [5.41, 5.74) is -0.972. The predicted octanol–water partition coefficient (Wildman–Crippen LogP) is 2.79. The number of alkyl halides is 3. The predicted molar refractivity (Wildman–Crippen MR) is 84.4 cm³/mol. The number of halogens is 4. The second-order valence-corrected chi connectivity index (χ2v) is 7.08. The maximum Gasteiger partial charge on any atom is 0.498 e. The molecule has 0 amide bonds. The third-order valence-electron chi connectivity index (χ3n) is 2.81. The lowest BCUT2D eigenvalue weighted by molar-refractivity contribution is -0.116. The lowest BCUT2D eigenvalue weighted by atomic mass is 10.3. The van der Waals surface area contributed by atoms with Crippen LogP contribution in [0.2, 0.25) is 0 Å². The summed E-state index contributed by atoms with van der Waals surface area (Å²) >= 11 is 0. The fourth-order valence-electron chi connectivity index (χ4n) is 1.89. The summed E-state index contributed by atoms with van der Waals surface area (Å²) in [6, 6.07) is 9.98. The molecule has 0 bridgehead atoms. The molecule has 0 aliphatic rings. The van der Waals surface area contributed by atoms with Crippen LogP contribution < -0.4 is 4.31 Å². The maximum atomic E-state index is 13.4. The Labute approximate surface area is 144 Å². The van der Waals surface area contributed by atoms with E-state index in [2.05, 4.69) is 0 Å². The van der Waals surface area contributed by atoms with Gasteiger partial charge in [0.05, 0.1) is 15.5 Å². The third kappa shape index (κ3) is 4.00. The molecule has 11 heteroatoms. The van der Waals surface area contributed by atoms with Gasteiger partial charge < -0.3 is 0 Å². The molecule has 0 radical (unpaired) electrons. The van der Waals surface area contributed by atoms with Crippen molar-refractivity contribution in [1.29, 1.82) is 0 Å². The average Bonchev–Trinajstić information content (AvgIpc) is 2.47. The highest BCUT2D eigenvalue weighted by molar-refractivity contribution is 7.93. The normalized spacial score (nSPS) is 11.8. The summed E-state index contributed by atoms with van der Waals surface area (Å²) in [5, 5.41) is 0. The van der Waals surface area contributed by atoms with Crippen LogP contribution in [-0.4, -0.2) is 23.1 Å². The first-order valence-electron chi connectivity index (χ1n) is 6.06. The number of benzene rings is 2. The maximum absolute atomic E-state index is 13.4. The van der Waals surface area contributed by atoms with Crippen LogP contribution in [0.25, 0.3) is 0 Å². The van der Waals surface area contributed by atoms with Gasteiger partial charge in [-0.3, -0.25) is 0 Å². The van der Waals surface area contributed by atoms with E-state index in [9.17, 15) is 30.0 Å². The number of para-hydroxylation sites is 1. The molecule has 0 unspecified atom stereocenters. The van der Waals surface area contributed by atoms with Crippen LogP contribution in [-0.2, 0) is 20.7 Å². The van der Waals surface area contributed by atoms with Crippen LogP contribution in [0.3, 0.4) is 0 Å². The molecular formula is C13H11ClF3NO4S2. The van der Waals surface area contributed by atoms with E-state index in [1.807, 2.05) is 0 Å². The Morgan fingerprint density at radius 3 is 1.88 bits per heavy atom. The molecule has 132 valence electrons. The fraction of sp³-hybridized carbons (Fsp3) is 0.0769. The van der Waals surface area contributed by atoms with Crippen LogP contribution in [0.1, 0.15) is 0 Å². The molecule has 0 spiro atoms. The fourth-order valence-corrected chi connectivity index (χ4v) is 3.93. The van der Waals surface area contributed by atoms with Gasteiger partial charge in [0.15, 0.2) is 10.7 Å². The van der Waals surface area contributed by atoms with E-state index in [-0.39, 0.29) is 12.4 Å². The van der Waals surface area contributed by atoms with Crippen LogP contribution in [0.5, 0.6) is 0 Å². The molecule has 0 saturated heterocycles. The van der Waals surface area contributed by atoms with Crippen LogP contribution in [0.4, 0.5) is 18.9 Å². The highest BCUT2D eigenvalue weighted by Gasteiger charge is 2.47. The second kappa shape index (κ2) is 7.41. The van der Waals surface area contributed by atoms with Crippen LogP contribution in [0, 0.1) is 0 Å². The number of thiol groups is 1. The summed E-state index contributed by atoms with van der Waals surface area (Å²) in [4.78, 5) is -1.34. The Balaban J connectivity index is 0.00000288. The minimum absolute atomic E-state index is 0. The standard InChI is InChI=1S/C13H10F3NO4S2.ClH/c14-13(15,16)17(11-8-4-5-9-12(11)22(18)19)23(20,21)10-6-2-1-3-7-10;/h1-9,22H;1H. The van der Waals surface area contributed by atoms with Gasteiger partial charge in [0, 0.05) is 0 Å². The second-order valence-electron chi connectivity index (χ2n) is 4.30. The Morgan fingerprint density at radius 1 is 0.875 bits per heavy atom. The van der Waals surface area contributed by atoms with E-state index in [1.165, 1.54) is 24.3 Å². The summed E-state index contributed by atoms with van der Waals surface area (Å²) in [6.07, 6.45) is -5.34. The Kier molecular flexibility index (Phi) is 6.26. The number of anilines is 1. The molecule has 0 N–H and O–H groups in total. The SMILES string of the molecule is Cl.O=[SH](=O)c1ccccc1N(C(F)(F)F)S(=O)(=O)c1ccccc1. The number of hydrogen-bond acceptors (Lipinski definition) is 4. The first-order chi connectivity index (χ1) is 10.7. The molecular weight excluding hydrogens is 391 g/mol. The molecule has 0 heterocycles. The molecule has 0 aliphatic carbocycles. The van der Waals surface area contributed by atoms with E-state index in [1.54, 1.807) is 0 Å². The third-order valence-corrected chi connectivity index (χ3v) is 5.33. The largest absolute Gasteiger partial charge is 0.498 e. The zero-order chi connectivity index (χ0) is 17.3. The molecule has 2 aromatic rings. The van der Waals surface area contributed by atoms with Crippen molar-refractivity contribution in [3.05, 3.63) is 54.6 Å². The van der Waals surface area contributed by atoms with Crippen LogP contribution >= 0.6 is 12.4 Å². The van der Waals surface area contributed by atoms with E-state index < -0.39 is 46.8 Å². The van der Waals surface area contributed by atoms with Gasteiger partial charge in [-0.25, -0.2) is 16.8 Å². The zero-order valence-electron chi connectivity index (χ0n) is 11.7. The van der Waals surface area contributed by atoms with E-state index in [4.69, 9.17) is 0 Å². The number of rotatable bonds is 4. The van der Waals surface area contributed by atoms with Crippen molar-refractivity contribution in [3.63, 3.8) is 0 Å². The van der Waals surface area contributed by atoms with Gasteiger partial charge in [-0.2, -0.15) is 4.31 Å². The smallest absolute Gasteiger partial charge is 0.227 e. The molecule has 0 aliphatic heterocycles. The zero-order valence-corrected chi connectivity index (χ0v) is 14.2. The molecule has 0 saturated carbocycles. The monoisotopic (exact) mass is 401 g/mol. The first kappa shape index (κ1) is 20.3. The van der Waals surface area contributed by atoms with Crippen LogP contribution in [0.15, 0.2) is 64.4 Å². The van der Waals surface area contributed by atoms with Gasteiger partial charge >= 0.3 is 6.30 Å². The number of nitrogens with zero attached hydrogens (tertiary/aromatic N) is 1. The highest BCUT2D eigenvalue weighted by Crippen LogP contribution is 2.37. The molecule has 5 nitrogen and oxygen atoms in total. The summed E-state index contributed by atoms with van der Waals surface area (Å²) < 4.78 is 86.4. The van der Waals surface area contributed by atoms with Crippen molar-refractivity contribution in [2.45, 2.75) is 16.1 Å². The summed E-state index contributed by atoms with van der Waals surface area (Å²) in [5.74, 6) is 0. The Hall–Kier alpha value is -1.78. The topological polar surface area (TPSA) is 71.5 Å². The van der Waals surface area contributed by atoms with Crippen molar-refractivity contribution < 1.29 is 30.0 Å². The Morgan fingerprint density at radius 2 is 1.38 bits per heavy atom. The van der Waals surface area contributed by atoms with Gasteiger partial charge in [0.25, 0.3) is 10.0 Å². The Bertz CT molecular complexity index is 876. The van der Waals surface area contributed by atoms with Gasteiger partial charge in [0.2, 0.25) is 0 Å². The lowest BCUT2D eigenvalue weighted by Gasteiger charge is -2.27. The van der Waals surface area contributed by atoms with Gasteiger partial charge in [-0.15, -0.1) is 25.6 Å². The van der Waals surface area contributed by atoms with Crippen molar-refractivity contribution >= 4 is 38.8 Å². The lowest BCUT2D eigenvalue weighted by Crippen LogP contribution is -2.43. The van der Waals surface area contributed by atoms with E-state index in [0.29, 0.717) is 0 Å². The molecule has 24 heavy (non-hydrogen) atoms. The first-order valence-corrected chi connectivity index (χ1v) is 8.68. The number of hydrogen-bond donors (Lipinski definition) is 1. The van der Waals surface area contributed by atoms with Crippen molar-refractivity contribution in [2.75, 3.05) is 4.31 Å².